The first-order valence-corrected chi connectivity index (χ1v) is 11.9. The third-order valence-corrected chi connectivity index (χ3v) is 6.42. The van der Waals surface area contributed by atoms with Crippen LogP contribution in [-0.4, -0.2) is 9.13 Å². The Morgan fingerprint density at radius 1 is 0.444 bits per heavy atom. The zero-order valence-corrected chi connectivity index (χ0v) is 20.4. The number of benzene rings is 2. The van der Waals surface area contributed by atoms with Crippen molar-refractivity contribution in [2.45, 2.75) is 0 Å². The highest BCUT2D eigenvalue weighted by Gasteiger charge is 2.12. The number of nitrogens with zero attached hydrogens (tertiary/aromatic N) is 6. The monoisotopic (exact) mass is 472 g/mol. The predicted octanol–water partition coefficient (Wildman–Crippen LogP) is 3.14. The highest BCUT2D eigenvalue weighted by molar-refractivity contribution is 5.61. The van der Waals surface area contributed by atoms with E-state index in [1.807, 2.05) is 35.6 Å². The van der Waals surface area contributed by atoms with E-state index in [1.54, 1.807) is 0 Å². The smallest absolute Gasteiger partial charge is 0.239 e. The third kappa shape index (κ3) is 4.32. The molecular formula is C30H28N6+4. The molecule has 6 rings (SSSR count). The number of hydrogen-bond donors (Lipinski definition) is 0. The lowest BCUT2D eigenvalue weighted by Gasteiger charge is -2.02. The normalized spacial score (nSPS) is 11.1. The van der Waals surface area contributed by atoms with Crippen LogP contribution in [0, 0.1) is 0 Å². The predicted molar refractivity (Wildman–Crippen MR) is 136 cm³/mol. The summed E-state index contributed by atoms with van der Waals surface area (Å²) in [4.78, 5) is 0. The van der Waals surface area contributed by atoms with Crippen LogP contribution < -0.4 is 18.3 Å². The summed E-state index contributed by atoms with van der Waals surface area (Å²) in [6.45, 7) is 0. The van der Waals surface area contributed by atoms with E-state index in [-0.39, 0.29) is 0 Å². The molecule has 0 aliphatic heterocycles. The Kier molecular flexibility index (Phi) is 5.46. The van der Waals surface area contributed by atoms with Crippen LogP contribution in [0.5, 0.6) is 0 Å². The zero-order chi connectivity index (χ0) is 24.5. The summed E-state index contributed by atoms with van der Waals surface area (Å²) in [5.41, 5.74) is 6.91. The topological polar surface area (TPSA) is 25.4 Å². The van der Waals surface area contributed by atoms with Gasteiger partial charge in [-0.2, -0.15) is 9.13 Å². The molecule has 6 nitrogen and oxygen atoms in total. The van der Waals surface area contributed by atoms with Crippen molar-refractivity contribution < 1.29 is 18.3 Å². The molecular weight excluding hydrogens is 444 g/mol. The molecule has 0 N–H and O–H groups in total. The quantitative estimate of drug-likeness (QED) is 0.345. The Balaban J connectivity index is 1.17. The summed E-state index contributed by atoms with van der Waals surface area (Å²) in [6.07, 6.45) is 20.7. The minimum absolute atomic E-state index is 1.13. The summed E-state index contributed by atoms with van der Waals surface area (Å²) < 4.78 is 12.6. The molecule has 4 aromatic heterocycles. The maximum Gasteiger partial charge on any atom is 0.248 e. The van der Waals surface area contributed by atoms with Gasteiger partial charge in [0.05, 0.1) is 14.1 Å². The number of aromatic nitrogens is 6. The maximum atomic E-state index is 2.16. The Bertz CT molecular complexity index is 1480. The van der Waals surface area contributed by atoms with Crippen LogP contribution in [0.15, 0.2) is 135 Å². The average molecular weight is 473 g/mol. The van der Waals surface area contributed by atoms with Crippen LogP contribution >= 0.6 is 0 Å². The number of imidazole rings is 2. The second-order valence-electron chi connectivity index (χ2n) is 8.99. The molecule has 6 heteroatoms. The van der Waals surface area contributed by atoms with Crippen LogP contribution in [0.1, 0.15) is 0 Å². The minimum atomic E-state index is 1.13. The summed E-state index contributed by atoms with van der Waals surface area (Å²) in [7, 11) is 4.05. The standard InChI is InChI=1S/C30H28N6/c1-31-19-21-35(23-31)29-7-3-27(4-8-29)33-15-11-25(12-16-33)26-13-17-34(18-14-26)28-5-9-30(10-6-28)36-22-20-32(2)24-36/h3-24H,1-2H3/q+4. The Hall–Kier alpha value is -4.84. The molecule has 4 heterocycles. The summed E-state index contributed by atoms with van der Waals surface area (Å²) in [5, 5.41) is 0. The number of aryl methyl sites for hydroxylation is 2. The highest BCUT2D eigenvalue weighted by Crippen LogP contribution is 2.17. The van der Waals surface area contributed by atoms with Crippen LogP contribution in [0.3, 0.4) is 0 Å². The van der Waals surface area contributed by atoms with Crippen LogP contribution in [0.4, 0.5) is 0 Å². The molecule has 0 saturated heterocycles. The van der Waals surface area contributed by atoms with E-state index in [1.165, 1.54) is 11.1 Å². The van der Waals surface area contributed by atoms with Gasteiger partial charge in [-0.15, -0.1) is 0 Å². The van der Waals surface area contributed by atoms with Gasteiger partial charge >= 0.3 is 0 Å². The van der Waals surface area contributed by atoms with Crippen molar-refractivity contribution in [3.63, 3.8) is 0 Å². The molecule has 36 heavy (non-hydrogen) atoms. The molecule has 0 fully saturated rings. The van der Waals surface area contributed by atoms with E-state index >= 15 is 0 Å². The molecule has 0 aliphatic rings. The first-order chi connectivity index (χ1) is 17.6. The van der Waals surface area contributed by atoms with Crippen molar-refractivity contribution >= 4 is 0 Å². The van der Waals surface area contributed by atoms with E-state index in [4.69, 9.17) is 0 Å². The lowest BCUT2D eigenvalue weighted by Crippen LogP contribution is -2.29. The lowest BCUT2D eigenvalue weighted by atomic mass is 10.1. The fourth-order valence-corrected chi connectivity index (χ4v) is 4.38. The van der Waals surface area contributed by atoms with Gasteiger partial charge in [-0.05, 0) is 35.4 Å². The van der Waals surface area contributed by atoms with Gasteiger partial charge in [-0.1, -0.05) is 0 Å². The zero-order valence-electron chi connectivity index (χ0n) is 20.4. The maximum absolute atomic E-state index is 2.16. The van der Waals surface area contributed by atoms with Gasteiger partial charge in [-0.25, -0.2) is 18.3 Å². The number of pyridine rings is 2. The van der Waals surface area contributed by atoms with Gasteiger partial charge in [0, 0.05) is 48.5 Å². The fraction of sp³-hybridized carbons (Fsp3) is 0.0667. The average Bonchev–Trinajstić information content (AvgIpc) is 3.57. The molecule has 2 aromatic carbocycles. The molecule has 0 bridgehead atoms. The Labute approximate surface area is 210 Å². The summed E-state index contributed by atoms with van der Waals surface area (Å²) in [6, 6.07) is 25.7. The van der Waals surface area contributed by atoms with Gasteiger partial charge in [0.1, 0.15) is 36.2 Å². The first kappa shape index (κ1) is 21.7. The van der Waals surface area contributed by atoms with Crippen molar-refractivity contribution in [1.29, 1.82) is 0 Å². The van der Waals surface area contributed by atoms with Crippen molar-refractivity contribution in [3.8, 4) is 33.9 Å². The second-order valence-corrected chi connectivity index (χ2v) is 8.99. The SMILES string of the molecule is C[n+]1ccn(-c2ccc(-[n+]3ccc(-c4cc[n+](-c5ccc(-n6cc[n+](C)c6)cc5)cc4)cc3)cc2)c1. The molecule has 0 aliphatic carbocycles. The van der Waals surface area contributed by atoms with E-state index in [2.05, 4.69) is 141 Å². The Morgan fingerprint density at radius 2 is 0.806 bits per heavy atom. The van der Waals surface area contributed by atoms with Crippen molar-refractivity contribution in [2.75, 3.05) is 0 Å². The van der Waals surface area contributed by atoms with Crippen molar-refractivity contribution in [3.05, 3.63) is 135 Å². The molecule has 0 spiro atoms. The van der Waals surface area contributed by atoms with Crippen LogP contribution in [-0.2, 0) is 14.1 Å². The molecule has 174 valence electrons. The van der Waals surface area contributed by atoms with E-state index in [9.17, 15) is 0 Å². The molecule has 0 amide bonds. The van der Waals surface area contributed by atoms with Crippen LogP contribution in [0.2, 0.25) is 0 Å². The largest absolute Gasteiger partial charge is 0.248 e. The minimum Gasteiger partial charge on any atom is -0.239 e. The van der Waals surface area contributed by atoms with Gasteiger partial charge in [0.25, 0.3) is 0 Å². The van der Waals surface area contributed by atoms with Crippen LogP contribution in [0.25, 0.3) is 33.9 Å². The lowest BCUT2D eigenvalue weighted by molar-refractivity contribution is -0.670. The third-order valence-electron chi connectivity index (χ3n) is 6.42. The Morgan fingerprint density at radius 3 is 1.11 bits per heavy atom. The van der Waals surface area contributed by atoms with Gasteiger partial charge in [-0.3, -0.25) is 0 Å². The van der Waals surface area contributed by atoms with E-state index in [0.717, 1.165) is 22.7 Å². The summed E-state index contributed by atoms with van der Waals surface area (Å²) >= 11 is 0. The van der Waals surface area contributed by atoms with E-state index < -0.39 is 0 Å². The highest BCUT2D eigenvalue weighted by atomic mass is 15.1. The molecule has 0 saturated carbocycles. The molecule has 6 aromatic rings. The molecule has 0 atom stereocenters. The van der Waals surface area contributed by atoms with Gasteiger partial charge in [0.15, 0.2) is 24.8 Å². The van der Waals surface area contributed by atoms with Gasteiger partial charge < -0.3 is 0 Å². The van der Waals surface area contributed by atoms with Gasteiger partial charge in [0.2, 0.25) is 24.0 Å². The van der Waals surface area contributed by atoms with E-state index in [0.29, 0.717) is 0 Å². The van der Waals surface area contributed by atoms with Crippen molar-refractivity contribution in [2.24, 2.45) is 14.1 Å². The number of hydrogen-bond acceptors (Lipinski definition) is 0. The molecule has 0 radical (unpaired) electrons. The first-order valence-electron chi connectivity index (χ1n) is 11.9. The molecule has 0 unspecified atom stereocenters. The fourth-order valence-electron chi connectivity index (χ4n) is 4.38. The van der Waals surface area contributed by atoms with Crippen molar-refractivity contribution in [1.82, 2.24) is 9.13 Å². The summed E-state index contributed by atoms with van der Waals surface area (Å²) in [5.74, 6) is 0. The second kappa shape index (κ2) is 9.07. The number of rotatable bonds is 5.